The molecule has 0 bridgehead atoms. The maximum atomic E-state index is 12.6. The molecule has 0 radical (unpaired) electrons. The van der Waals surface area contributed by atoms with Crippen LogP contribution in [0.3, 0.4) is 0 Å². The lowest BCUT2D eigenvalue weighted by Gasteiger charge is -2.28. The summed E-state index contributed by atoms with van der Waals surface area (Å²) in [6.45, 7) is 0.734. The van der Waals surface area contributed by atoms with Crippen LogP contribution in [0.5, 0.6) is 5.88 Å². The van der Waals surface area contributed by atoms with Gasteiger partial charge in [0.25, 0.3) is 5.88 Å². The maximum Gasteiger partial charge on any atom is 0.490 e. The van der Waals surface area contributed by atoms with Crippen molar-refractivity contribution in [2.75, 3.05) is 11.4 Å². The van der Waals surface area contributed by atoms with Gasteiger partial charge in [0.1, 0.15) is 0 Å². The van der Waals surface area contributed by atoms with Crippen LogP contribution in [-0.4, -0.2) is 40.1 Å². The quantitative estimate of drug-likeness (QED) is 0.706. The minimum Gasteiger partial charge on any atom is -0.336 e. The third-order valence-electron chi connectivity index (χ3n) is 3.62. The highest BCUT2D eigenvalue weighted by Crippen LogP contribution is 2.34. The van der Waals surface area contributed by atoms with Crippen molar-refractivity contribution in [1.29, 1.82) is 0 Å². The van der Waals surface area contributed by atoms with Crippen molar-refractivity contribution in [2.24, 2.45) is 0 Å². The van der Waals surface area contributed by atoms with E-state index in [9.17, 15) is 12.3 Å². The van der Waals surface area contributed by atoms with Crippen LogP contribution in [0.1, 0.15) is 12.1 Å². The molecule has 124 valence electrons. The highest BCUT2D eigenvalue weighted by atomic mass is 32.3. The first-order chi connectivity index (χ1) is 11.5. The first kappa shape index (κ1) is 14.8. The Balaban J connectivity index is 1.77. The molecule has 1 N–H and O–H groups in total. The smallest absolute Gasteiger partial charge is 0.336 e. The average molecular weight is 350 g/mol. The van der Waals surface area contributed by atoms with Gasteiger partial charge in [-0.3, -0.25) is 10.1 Å². The summed E-state index contributed by atoms with van der Waals surface area (Å²) < 4.78 is 37.7. The lowest BCUT2D eigenvalue weighted by atomic mass is 10.1. The van der Waals surface area contributed by atoms with Crippen molar-refractivity contribution < 1.29 is 16.5 Å². The molecule has 0 unspecified atom stereocenters. The Hall–Kier alpha value is -2.82. The summed E-state index contributed by atoms with van der Waals surface area (Å²) in [6, 6.07) is 3.79. The number of aromatic nitrogens is 5. The summed E-state index contributed by atoms with van der Waals surface area (Å²) >= 11 is 0. The number of hydrogen-bond donors (Lipinski definition) is 1. The van der Waals surface area contributed by atoms with Gasteiger partial charge in [0.15, 0.2) is 17.0 Å². The molecule has 0 spiro atoms. The largest absolute Gasteiger partial charge is 0.490 e. The average Bonchev–Trinajstić information content (AvgIpc) is 2.96. The highest BCUT2D eigenvalue weighted by Gasteiger charge is 2.24. The number of rotatable bonds is 3. The van der Waals surface area contributed by atoms with E-state index in [1.165, 1.54) is 0 Å². The number of nitrogens with one attached hydrogen (secondary N) is 1. The van der Waals surface area contributed by atoms with Gasteiger partial charge in [0.05, 0.1) is 17.6 Å². The van der Waals surface area contributed by atoms with Crippen LogP contribution in [0, 0.1) is 0 Å². The Labute approximate surface area is 135 Å². The van der Waals surface area contributed by atoms with Gasteiger partial charge < -0.3 is 9.08 Å². The van der Waals surface area contributed by atoms with Gasteiger partial charge in [-0.2, -0.15) is 18.5 Å². The zero-order chi connectivity index (χ0) is 16.7. The summed E-state index contributed by atoms with van der Waals surface area (Å²) in [5, 5.41) is 6.86. The van der Waals surface area contributed by atoms with E-state index < -0.39 is 16.4 Å². The Morgan fingerprint density at radius 2 is 2.21 bits per heavy atom. The van der Waals surface area contributed by atoms with E-state index in [4.69, 9.17) is 0 Å². The van der Waals surface area contributed by atoms with E-state index in [1.807, 2.05) is 17.0 Å². The number of fused-ring (bicyclic) bond motifs is 2. The van der Waals surface area contributed by atoms with E-state index >= 15 is 0 Å². The predicted molar refractivity (Wildman–Crippen MR) is 81.9 cm³/mol. The van der Waals surface area contributed by atoms with Crippen molar-refractivity contribution in [1.82, 2.24) is 25.1 Å². The second-order valence-corrected chi connectivity index (χ2v) is 6.11. The van der Waals surface area contributed by atoms with Gasteiger partial charge >= 0.3 is 10.5 Å². The number of aromatic amines is 1. The Morgan fingerprint density at radius 1 is 1.33 bits per heavy atom. The molecule has 9 nitrogen and oxygen atoms in total. The van der Waals surface area contributed by atoms with Gasteiger partial charge in [-0.25, -0.2) is 4.98 Å². The number of H-pyrrole nitrogens is 1. The van der Waals surface area contributed by atoms with Crippen molar-refractivity contribution in [3.8, 4) is 5.88 Å². The lowest BCUT2D eigenvalue weighted by Crippen LogP contribution is -2.25. The molecule has 3 aromatic rings. The van der Waals surface area contributed by atoms with Crippen LogP contribution in [0.2, 0.25) is 0 Å². The van der Waals surface area contributed by atoms with Gasteiger partial charge in [-0.1, -0.05) is 3.89 Å². The van der Waals surface area contributed by atoms with Gasteiger partial charge in [0, 0.05) is 12.7 Å². The molecule has 0 saturated heterocycles. The monoisotopic (exact) mass is 350 g/mol. The van der Waals surface area contributed by atoms with Crippen LogP contribution in [0.4, 0.5) is 15.4 Å². The SMILES string of the molecule is O=S(=O)(F)Oc1cnc2c(N3CCCc4ncccc43)n[nH]c2n1. The van der Waals surface area contributed by atoms with Gasteiger partial charge in [-0.05, 0) is 25.0 Å². The van der Waals surface area contributed by atoms with Gasteiger partial charge in [0.2, 0.25) is 0 Å². The fourth-order valence-electron chi connectivity index (χ4n) is 2.72. The molecule has 4 rings (SSSR count). The Bertz CT molecular complexity index is 1020. The van der Waals surface area contributed by atoms with E-state index in [0.717, 1.165) is 37.0 Å². The molecule has 3 aromatic heterocycles. The second kappa shape index (κ2) is 5.37. The standard InChI is InChI=1S/C13H11FN6O3S/c14-24(21,22)23-10-7-16-11-12(17-10)18-19-13(11)20-6-2-3-8-9(20)4-1-5-15-8/h1,4-5,7H,2-3,6H2,(H,17,18,19). The van der Waals surface area contributed by atoms with Crippen molar-refractivity contribution in [3.63, 3.8) is 0 Å². The molecule has 0 atom stereocenters. The van der Waals surface area contributed by atoms with Crippen LogP contribution >= 0.6 is 0 Å². The summed E-state index contributed by atoms with van der Waals surface area (Å²) in [5.41, 5.74) is 2.53. The van der Waals surface area contributed by atoms with E-state index in [-0.39, 0.29) is 5.65 Å². The fourth-order valence-corrected chi connectivity index (χ4v) is 3.00. The first-order valence-electron chi connectivity index (χ1n) is 7.08. The van der Waals surface area contributed by atoms with E-state index in [1.54, 1.807) is 6.20 Å². The van der Waals surface area contributed by atoms with Crippen molar-refractivity contribution >= 4 is 33.2 Å². The maximum absolute atomic E-state index is 12.6. The topological polar surface area (TPSA) is 114 Å². The van der Waals surface area contributed by atoms with E-state index in [2.05, 4.69) is 29.3 Å². The summed E-state index contributed by atoms with van der Waals surface area (Å²) in [5.74, 6) is 0.0713. The molecule has 11 heteroatoms. The third kappa shape index (κ3) is 2.62. The second-order valence-electron chi connectivity index (χ2n) is 5.15. The molecule has 4 heterocycles. The van der Waals surface area contributed by atoms with E-state index in [0.29, 0.717) is 11.3 Å². The zero-order valence-corrected chi connectivity index (χ0v) is 13.0. The van der Waals surface area contributed by atoms with Crippen LogP contribution in [-0.2, 0) is 16.9 Å². The highest BCUT2D eigenvalue weighted by molar-refractivity contribution is 7.81. The number of pyridine rings is 1. The normalized spacial score (nSPS) is 14.6. The first-order valence-corrected chi connectivity index (χ1v) is 8.39. The molecule has 1 aliphatic rings. The molecular weight excluding hydrogens is 339 g/mol. The minimum atomic E-state index is -5.15. The third-order valence-corrected chi connectivity index (χ3v) is 3.99. The number of halogens is 1. The molecule has 0 fully saturated rings. The van der Waals surface area contributed by atoms with Crippen molar-refractivity contribution in [2.45, 2.75) is 12.8 Å². The molecule has 0 amide bonds. The molecule has 0 aromatic carbocycles. The summed E-state index contributed by atoms with van der Waals surface area (Å²) in [4.78, 5) is 14.3. The molecule has 1 aliphatic heterocycles. The number of nitrogens with zero attached hydrogens (tertiary/aromatic N) is 5. The lowest BCUT2D eigenvalue weighted by molar-refractivity contribution is 0.432. The number of anilines is 2. The van der Waals surface area contributed by atoms with Crippen LogP contribution in [0.25, 0.3) is 11.2 Å². The van der Waals surface area contributed by atoms with Crippen molar-refractivity contribution in [3.05, 3.63) is 30.2 Å². The van der Waals surface area contributed by atoms with Crippen LogP contribution < -0.4 is 9.08 Å². The van der Waals surface area contributed by atoms with Gasteiger partial charge in [-0.15, -0.1) is 0 Å². The zero-order valence-electron chi connectivity index (χ0n) is 12.2. The van der Waals surface area contributed by atoms with Crippen LogP contribution in [0.15, 0.2) is 24.5 Å². The Kier molecular flexibility index (Phi) is 3.30. The fraction of sp³-hybridized carbons (Fsp3) is 0.231. The Morgan fingerprint density at radius 3 is 3.04 bits per heavy atom. The molecular formula is C13H11FN6O3S. The summed E-state index contributed by atoms with van der Waals surface area (Å²) in [7, 11) is -5.15. The number of aryl methyl sites for hydroxylation is 1. The molecule has 0 saturated carbocycles. The number of hydrogen-bond acceptors (Lipinski definition) is 8. The predicted octanol–water partition coefficient (Wildman–Crippen LogP) is 1.43. The molecule has 24 heavy (non-hydrogen) atoms. The molecule has 0 aliphatic carbocycles. The minimum absolute atomic E-state index is 0.196. The summed E-state index contributed by atoms with van der Waals surface area (Å²) in [6.07, 6.45) is 4.57.